The number of aliphatic hydroxyl groups is 1. The molecule has 2 aliphatic heterocycles. The third-order valence-electron chi connectivity index (χ3n) is 10.5. The van der Waals surface area contributed by atoms with Crippen molar-refractivity contribution in [3.05, 3.63) is 42.0 Å². The second kappa shape index (κ2) is 13.9. The van der Waals surface area contributed by atoms with Crippen molar-refractivity contribution in [2.75, 3.05) is 19.8 Å². The molecule has 4 heterocycles. The van der Waals surface area contributed by atoms with Gasteiger partial charge in [-0.2, -0.15) is 0 Å². The third-order valence-corrected chi connectivity index (χ3v) is 10.5. The van der Waals surface area contributed by atoms with Gasteiger partial charge in [-0.1, -0.05) is 49.5 Å². The molecule has 268 valence electrons. The number of nitrogens with zero attached hydrogens (tertiary/aromatic N) is 6. The second-order valence-electron chi connectivity index (χ2n) is 14.3. The molecule has 1 aromatic carbocycles. The number of imidazole rings is 1. The third kappa shape index (κ3) is 6.73. The first kappa shape index (κ1) is 35.1. The van der Waals surface area contributed by atoms with E-state index in [-0.39, 0.29) is 50.8 Å². The second-order valence-corrected chi connectivity index (χ2v) is 14.3. The van der Waals surface area contributed by atoms with Crippen LogP contribution in [0.4, 0.5) is 0 Å². The number of rotatable bonds is 11. The zero-order chi connectivity index (χ0) is 35.8. The molecule has 16 heteroatoms. The van der Waals surface area contributed by atoms with Crippen LogP contribution in [0.3, 0.4) is 0 Å². The number of benzene rings is 1. The molecule has 0 radical (unpaired) electrons. The van der Waals surface area contributed by atoms with Gasteiger partial charge < -0.3 is 36.1 Å². The fourth-order valence-corrected chi connectivity index (χ4v) is 7.90. The van der Waals surface area contributed by atoms with Crippen LogP contribution in [-0.2, 0) is 29.5 Å². The maximum atomic E-state index is 15.2. The Morgan fingerprint density at radius 3 is 2.44 bits per heavy atom. The molecule has 0 unspecified atom stereocenters. The Morgan fingerprint density at radius 2 is 1.78 bits per heavy atom. The van der Waals surface area contributed by atoms with Gasteiger partial charge in [-0.05, 0) is 38.3 Å². The van der Waals surface area contributed by atoms with E-state index in [1.807, 2.05) is 0 Å². The molecule has 0 spiro atoms. The Morgan fingerprint density at radius 1 is 1.08 bits per heavy atom. The SMILES string of the molecule is CC(C)(O)c1cnnn1[C@H]1C[C@@H](C(=O)NC2(C(=O)C(N)=O)CCOCC2)N(C(=O)[C@@H](CC2CCCCC2)n2c(C(N)=O)nc3ccccc32)C1. The number of carbonyl (C=O) groups is 5. The van der Waals surface area contributed by atoms with Crippen LogP contribution in [0.2, 0.25) is 0 Å². The van der Waals surface area contributed by atoms with E-state index in [1.165, 1.54) is 15.8 Å². The highest BCUT2D eigenvalue weighted by Crippen LogP contribution is 2.38. The average molecular weight is 692 g/mol. The lowest BCUT2D eigenvalue weighted by atomic mass is 9.84. The van der Waals surface area contributed by atoms with Gasteiger partial charge in [-0.15, -0.1) is 5.10 Å². The lowest BCUT2D eigenvalue weighted by Crippen LogP contribution is -2.63. The molecule has 6 rings (SSSR count). The Labute approximate surface area is 288 Å². The van der Waals surface area contributed by atoms with E-state index in [4.69, 9.17) is 16.2 Å². The maximum absolute atomic E-state index is 15.2. The molecule has 2 aromatic heterocycles. The summed E-state index contributed by atoms with van der Waals surface area (Å²) >= 11 is 0. The minimum atomic E-state index is -1.60. The largest absolute Gasteiger partial charge is 0.384 e. The van der Waals surface area contributed by atoms with Crippen LogP contribution < -0.4 is 16.8 Å². The quantitative estimate of drug-likeness (QED) is 0.209. The van der Waals surface area contributed by atoms with Crippen LogP contribution in [0.1, 0.15) is 100 Å². The number of nitrogens with two attached hydrogens (primary N) is 2. The molecule has 4 amide bonds. The van der Waals surface area contributed by atoms with Crippen molar-refractivity contribution in [3.63, 3.8) is 0 Å². The van der Waals surface area contributed by atoms with Crippen LogP contribution in [0.15, 0.2) is 30.5 Å². The van der Waals surface area contributed by atoms with Gasteiger partial charge in [-0.25, -0.2) is 9.67 Å². The number of hydrogen-bond donors (Lipinski definition) is 4. The van der Waals surface area contributed by atoms with Crippen LogP contribution in [0, 0.1) is 5.92 Å². The van der Waals surface area contributed by atoms with E-state index in [9.17, 15) is 24.3 Å². The van der Waals surface area contributed by atoms with Gasteiger partial charge in [0, 0.05) is 39.0 Å². The molecule has 50 heavy (non-hydrogen) atoms. The summed E-state index contributed by atoms with van der Waals surface area (Å²) in [6.45, 7) is 3.42. The molecule has 0 bridgehead atoms. The van der Waals surface area contributed by atoms with Gasteiger partial charge in [0.2, 0.25) is 23.4 Å². The number of likely N-dealkylation sites (tertiary alicyclic amines) is 1. The number of Topliss-reactive ketones (excluding diaryl/α,β-unsaturated/α-hetero) is 1. The highest BCUT2D eigenvalue weighted by atomic mass is 16.5. The van der Waals surface area contributed by atoms with E-state index in [0.29, 0.717) is 23.1 Å². The average Bonchev–Trinajstić information content (AvgIpc) is 3.85. The van der Waals surface area contributed by atoms with Gasteiger partial charge in [0.15, 0.2) is 0 Å². The summed E-state index contributed by atoms with van der Waals surface area (Å²) in [5, 5.41) is 22.0. The highest BCUT2D eigenvalue weighted by molar-refractivity contribution is 6.39. The normalized spacial score (nSPS) is 21.9. The van der Waals surface area contributed by atoms with E-state index < -0.39 is 58.7 Å². The summed E-state index contributed by atoms with van der Waals surface area (Å²) < 4.78 is 8.55. The summed E-state index contributed by atoms with van der Waals surface area (Å²) in [7, 11) is 0. The number of para-hydroxylation sites is 2. The monoisotopic (exact) mass is 691 g/mol. The Balaban J connectivity index is 1.43. The lowest BCUT2D eigenvalue weighted by molar-refractivity contribution is -0.147. The number of ketones is 1. The van der Waals surface area contributed by atoms with Crippen molar-refractivity contribution in [1.29, 1.82) is 0 Å². The number of ether oxygens (including phenoxy) is 1. The van der Waals surface area contributed by atoms with Crippen molar-refractivity contribution in [1.82, 2.24) is 34.8 Å². The maximum Gasteiger partial charge on any atom is 0.287 e. The predicted molar refractivity (Wildman–Crippen MR) is 178 cm³/mol. The topological polar surface area (TPSA) is 231 Å². The summed E-state index contributed by atoms with van der Waals surface area (Å²) in [5.74, 6) is -3.89. The Bertz CT molecular complexity index is 1780. The van der Waals surface area contributed by atoms with Crippen LogP contribution in [-0.4, -0.2) is 95.3 Å². The Kier molecular flexibility index (Phi) is 9.77. The van der Waals surface area contributed by atoms with Crippen molar-refractivity contribution in [2.24, 2.45) is 17.4 Å². The van der Waals surface area contributed by atoms with E-state index in [0.717, 1.165) is 32.1 Å². The molecule has 1 saturated carbocycles. The fourth-order valence-electron chi connectivity index (χ4n) is 7.90. The van der Waals surface area contributed by atoms with Gasteiger partial charge in [0.05, 0.1) is 29.0 Å². The minimum absolute atomic E-state index is 0.00291. The molecule has 3 aliphatic rings. The van der Waals surface area contributed by atoms with E-state index >= 15 is 4.79 Å². The molecule has 3 atom stereocenters. The zero-order valence-corrected chi connectivity index (χ0v) is 28.4. The van der Waals surface area contributed by atoms with E-state index in [2.05, 4.69) is 20.6 Å². The van der Waals surface area contributed by atoms with Crippen LogP contribution >= 0.6 is 0 Å². The predicted octanol–water partition coefficient (Wildman–Crippen LogP) is 1.03. The van der Waals surface area contributed by atoms with Gasteiger partial charge in [0.1, 0.15) is 23.2 Å². The molecular formula is C34H45N9O7. The summed E-state index contributed by atoms with van der Waals surface area (Å²) in [6.07, 6.45) is 6.88. The van der Waals surface area contributed by atoms with Gasteiger partial charge >= 0.3 is 0 Å². The molecule has 3 aromatic rings. The van der Waals surface area contributed by atoms with Crippen molar-refractivity contribution >= 4 is 40.4 Å². The molecular weight excluding hydrogens is 646 g/mol. The first-order chi connectivity index (χ1) is 23.8. The number of amides is 4. The first-order valence-corrected chi connectivity index (χ1v) is 17.2. The number of primary amides is 2. The Hall–Kier alpha value is -4.70. The highest BCUT2D eigenvalue weighted by Gasteiger charge is 2.50. The van der Waals surface area contributed by atoms with Gasteiger partial charge in [0.25, 0.3) is 11.8 Å². The van der Waals surface area contributed by atoms with Crippen molar-refractivity contribution in [2.45, 2.75) is 101 Å². The zero-order valence-electron chi connectivity index (χ0n) is 28.4. The number of carbonyl (C=O) groups excluding carboxylic acids is 5. The number of aromatic nitrogens is 5. The lowest BCUT2D eigenvalue weighted by Gasteiger charge is -2.37. The summed E-state index contributed by atoms with van der Waals surface area (Å²) in [6, 6.07) is 4.43. The smallest absolute Gasteiger partial charge is 0.287 e. The van der Waals surface area contributed by atoms with Crippen molar-refractivity contribution in [3.8, 4) is 0 Å². The van der Waals surface area contributed by atoms with Gasteiger partial charge in [-0.3, -0.25) is 24.0 Å². The van der Waals surface area contributed by atoms with Crippen LogP contribution in [0.5, 0.6) is 0 Å². The molecule has 16 nitrogen and oxygen atoms in total. The number of nitrogens with one attached hydrogen (secondary N) is 1. The summed E-state index contributed by atoms with van der Waals surface area (Å²) in [5.41, 5.74) is 9.80. The standard InChI is InChI=1S/C34H45N9O7/c1-33(2,49)26-18-37-40-43(26)21-17-24(31(47)39-34(27(44)28(35)45)12-14-50-15-13-34)41(19-21)32(48)25(16-20-8-4-3-5-9-20)42-23-11-7-6-10-22(23)38-30(42)29(36)46/h6-7,10-11,18,20-21,24-25,49H,3-5,8-9,12-17,19H2,1-2H3,(H2,35,45)(H2,36,46)(H,39,47)/t21-,24-,25+/m0/s1. The molecule has 3 fully saturated rings. The summed E-state index contributed by atoms with van der Waals surface area (Å²) in [4.78, 5) is 73.7. The van der Waals surface area contributed by atoms with Crippen LogP contribution in [0.25, 0.3) is 11.0 Å². The number of fused-ring (bicyclic) bond motifs is 1. The number of hydrogen-bond acceptors (Lipinski definition) is 10. The molecule has 6 N–H and O–H groups in total. The minimum Gasteiger partial charge on any atom is -0.384 e. The molecule has 2 saturated heterocycles. The first-order valence-electron chi connectivity index (χ1n) is 17.2. The fraction of sp³-hybridized carbons (Fsp3) is 0.588. The van der Waals surface area contributed by atoms with E-state index in [1.54, 1.807) is 42.7 Å². The molecule has 1 aliphatic carbocycles. The van der Waals surface area contributed by atoms with Crippen molar-refractivity contribution < 1.29 is 33.8 Å².